The monoisotopic (exact) mass is 403 g/mol. The van der Waals surface area contributed by atoms with Crippen molar-refractivity contribution >= 4 is 29.3 Å². The van der Waals surface area contributed by atoms with Gasteiger partial charge >= 0.3 is 5.97 Å². The lowest BCUT2D eigenvalue weighted by molar-refractivity contribution is 0.0527. The van der Waals surface area contributed by atoms with E-state index in [1.54, 1.807) is 44.4 Å². The predicted molar refractivity (Wildman–Crippen MR) is 101 cm³/mol. The molecule has 2 heterocycles. The zero-order chi connectivity index (χ0) is 20.1. The van der Waals surface area contributed by atoms with Crippen LogP contribution in [0.25, 0.3) is 0 Å². The molecule has 1 amide bonds. The number of aryl methyl sites for hydroxylation is 1. The molecule has 0 fully saturated rings. The van der Waals surface area contributed by atoms with Gasteiger partial charge in [0, 0.05) is 13.2 Å². The number of para-hydroxylation sites is 1. The first-order valence-corrected chi connectivity index (χ1v) is 8.78. The molecular formula is C18H18ClN5O4. The average molecular weight is 404 g/mol. The summed E-state index contributed by atoms with van der Waals surface area (Å²) in [6.45, 7) is 2.00. The SMILES string of the molecule is CCOC(=O)c1cnn(C)c1NC(=O)c1ccn(COc2ccccc2Cl)n1. The Bertz CT molecular complexity index is 998. The molecule has 0 radical (unpaired) electrons. The fourth-order valence-corrected chi connectivity index (χ4v) is 2.56. The van der Waals surface area contributed by atoms with Crippen LogP contribution < -0.4 is 10.1 Å². The van der Waals surface area contributed by atoms with Crippen LogP contribution in [-0.2, 0) is 18.5 Å². The molecule has 0 saturated carbocycles. The molecule has 1 aromatic carbocycles. The van der Waals surface area contributed by atoms with E-state index in [0.29, 0.717) is 10.8 Å². The number of carbonyl (C=O) groups excluding carboxylic acids is 2. The maximum Gasteiger partial charge on any atom is 0.343 e. The Kier molecular flexibility index (Phi) is 5.95. The number of carbonyl (C=O) groups is 2. The van der Waals surface area contributed by atoms with Crippen LogP contribution in [0.4, 0.5) is 5.82 Å². The molecule has 28 heavy (non-hydrogen) atoms. The van der Waals surface area contributed by atoms with Crippen LogP contribution in [0.3, 0.4) is 0 Å². The molecule has 3 rings (SSSR count). The molecule has 0 atom stereocenters. The second kappa shape index (κ2) is 8.57. The topological polar surface area (TPSA) is 100 Å². The first-order chi connectivity index (χ1) is 13.5. The fourth-order valence-electron chi connectivity index (χ4n) is 2.37. The molecule has 9 nitrogen and oxygen atoms in total. The normalized spacial score (nSPS) is 10.5. The maximum atomic E-state index is 12.5. The van der Waals surface area contributed by atoms with Crippen molar-refractivity contribution < 1.29 is 19.1 Å². The molecule has 0 aliphatic heterocycles. The standard InChI is InChI=1S/C18H18ClN5O4/c1-3-27-18(26)12-10-20-23(2)16(12)21-17(25)14-8-9-24(22-14)11-28-15-7-5-4-6-13(15)19/h4-10H,3,11H2,1-2H3,(H,21,25). The minimum Gasteiger partial charge on any atom is -0.470 e. The molecule has 0 bridgehead atoms. The Labute approximate surface area is 165 Å². The van der Waals surface area contributed by atoms with Gasteiger partial charge in [-0.3, -0.25) is 9.48 Å². The second-order valence-corrected chi connectivity index (χ2v) is 6.06. The van der Waals surface area contributed by atoms with E-state index in [9.17, 15) is 9.59 Å². The molecule has 146 valence electrons. The molecule has 10 heteroatoms. The van der Waals surface area contributed by atoms with E-state index in [-0.39, 0.29) is 30.4 Å². The largest absolute Gasteiger partial charge is 0.470 e. The van der Waals surface area contributed by atoms with E-state index in [1.807, 2.05) is 0 Å². The molecule has 2 aromatic heterocycles. The number of nitrogens with one attached hydrogen (secondary N) is 1. The number of rotatable bonds is 7. The van der Waals surface area contributed by atoms with Crippen molar-refractivity contribution in [1.29, 1.82) is 0 Å². The second-order valence-electron chi connectivity index (χ2n) is 5.65. The van der Waals surface area contributed by atoms with E-state index in [4.69, 9.17) is 21.1 Å². The van der Waals surface area contributed by atoms with Crippen molar-refractivity contribution in [1.82, 2.24) is 19.6 Å². The molecule has 1 N–H and O–H groups in total. The number of halogens is 1. The summed E-state index contributed by atoms with van der Waals surface area (Å²) in [5, 5.41) is 11.3. The van der Waals surface area contributed by atoms with Crippen molar-refractivity contribution in [3.8, 4) is 5.75 Å². The zero-order valence-corrected chi connectivity index (χ0v) is 16.0. The van der Waals surface area contributed by atoms with Crippen molar-refractivity contribution in [2.45, 2.75) is 13.7 Å². The summed E-state index contributed by atoms with van der Waals surface area (Å²) in [4.78, 5) is 24.5. The predicted octanol–water partition coefficient (Wildman–Crippen LogP) is 2.74. The highest BCUT2D eigenvalue weighted by atomic mass is 35.5. The summed E-state index contributed by atoms with van der Waals surface area (Å²) < 4.78 is 13.4. The van der Waals surface area contributed by atoms with Gasteiger partial charge in [-0.1, -0.05) is 23.7 Å². The lowest BCUT2D eigenvalue weighted by Crippen LogP contribution is -2.18. The van der Waals surface area contributed by atoms with Gasteiger partial charge < -0.3 is 14.8 Å². The zero-order valence-electron chi connectivity index (χ0n) is 15.3. The minimum atomic E-state index is -0.565. The van der Waals surface area contributed by atoms with E-state index >= 15 is 0 Å². The lowest BCUT2D eigenvalue weighted by atomic mass is 10.3. The highest BCUT2D eigenvalue weighted by molar-refractivity contribution is 6.32. The Hall–Kier alpha value is -3.33. The number of ether oxygens (including phenoxy) is 2. The number of hydrogen-bond acceptors (Lipinski definition) is 6. The van der Waals surface area contributed by atoms with Gasteiger partial charge in [0.1, 0.15) is 17.1 Å². The fraction of sp³-hybridized carbons (Fsp3) is 0.222. The summed E-state index contributed by atoms with van der Waals surface area (Å²) in [6.07, 6.45) is 2.94. The third-order valence-corrected chi connectivity index (χ3v) is 4.04. The Morgan fingerprint density at radius 1 is 1.25 bits per heavy atom. The van der Waals surface area contributed by atoms with Crippen molar-refractivity contribution in [3.63, 3.8) is 0 Å². The highest BCUT2D eigenvalue weighted by Crippen LogP contribution is 2.23. The first-order valence-electron chi connectivity index (χ1n) is 8.41. The molecular weight excluding hydrogens is 386 g/mol. The summed E-state index contributed by atoms with van der Waals surface area (Å²) in [5.74, 6) is -0.319. The van der Waals surface area contributed by atoms with Gasteiger partial charge in [0.25, 0.3) is 5.91 Å². The number of benzene rings is 1. The summed E-state index contributed by atoms with van der Waals surface area (Å²) in [7, 11) is 1.61. The number of esters is 1. The van der Waals surface area contributed by atoms with Gasteiger partial charge in [-0.2, -0.15) is 10.2 Å². The molecule has 0 aliphatic rings. The van der Waals surface area contributed by atoms with E-state index < -0.39 is 11.9 Å². The molecule has 0 spiro atoms. The van der Waals surface area contributed by atoms with Gasteiger partial charge in [0.05, 0.1) is 17.8 Å². The van der Waals surface area contributed by atoms with Gasteiger partial charge in [-0.25, -0.2) is 9.48 Å². The number of amides is 1. The van der Waals surface area contributed by atoms with Gasteiger partial charge in [-0.15, -0.1) is 0 Å². The molecule has 0 saturated heterocycles. The summed E-state index contributed by atoms with van der Waals surface area (Å²) in [5.41, 5.74) is 0.318. The summed E-state index contributed by atoms with van der Waals surface area (Å²) in [6, 6.07) is 8.59. The van der Waals surface area contributed by atoms with Crippen LogP contribution in [0, 0.1) is 0 Å². The third-order valence-electron chi connectivity index (χ3n) is 3.73. The molecule has 0 aliphatic carbocycles. The van der Waals surface area contributed by atoms with Crippen molar-refractivity contribution in [3.05, 3.63) is 59.0 Å². The van der Waals surface area contributed by atoms with Crippen LogP contribution in [0.15, 0.2) is 42.7 Å². The van der Waals surface area contributed by atoms with Gasteiger partial charge in [0.15, 0.2) is 12.4 Å². The van der Waals surface area contributed by atoms with Crippen LogP contribution in [0.2, 0.25) is 5.02 Å². The van der Waals surface area contributed by atoms with Crippen LogP contribution >= 0.6 is 11.6 Å². The quantitative estimate of drug-likeness (QED) is 0.609. The Morgan fingerprint density at radius 2 is 2.04 bits per heavy atom. The number of hydrogen-bond donors (Lipinski definition) is 1. The van der Waals surface area contributed by atoms with E-state index in [2.05, 4.69) is 15.5 Å². The van der Waals surface area contributed by atoms with Crippen molar-refractivity contribution in [2.75, 3.05) is 11.9 Å². The summed E-state index contributed by atoms with van der Waals surface area (Å²) >= 11 is 6.04. The van der Waals surface area contributed by atoms with Crippen LogP contribution in [0.5, 0.6) is 5.75 Å². The number of aromatic nitrogens is 4. The minimum absolute atomic E-state index is 0.0802. The third kappa shape index (κ3) is 4.32. The van der Waals surface area contributed by atoms with Crippen molar-refractivity contribution in [2.24, 2.45) is 7.05 Å². The molecule has 0 unspecified atom stereocenters. The Balaban J connectivity index is 1.67. The lowest BCUT2D eigenvalue weighted by Gasteiger charge is -2.08. The Morgan fingerprint density at radius 3 is 2.79 bits per heavy atom. The number of anilines is 1. The van der Waals surface area contributed by atoms with Crippen LogP contribution in [-0.4, -0.2) is 38.0 Å². The van der Waals surface area contributed by atoms with E-state index in [0.717, 1.165) is 0 Å². The first kappa shape index (κ1) is 19.4. The number of nitrogens with zero attached hydrogens (tertiary/aromatic N) is 4. The smallest absolute Gasteiger partial charge is 0.343 e. The van der Waals surface area contributed by atoms with Gasteiger partial charge in [-0.05, 0) is 25.1 Å². The van der Waals surface area contributed by atoms with E-state index in [1.165, 1.54) is 21.6 Å². The average Bonchev–Trinajstić information content (AvgIpc) is 3.29. The van der Waals surface area contributed by atoms with Gasteiger partial charge in [0.2, 0.25) is 0 Å². The highest BCUT2D eigenvalue weighted by Gasteiger charge is 2.20. The maximum absolute atomic E-state index is 12.5. The van der Waals surface area contributed by atoms with Crippen LogP contribution in [0.1, 0.15) is 27.8 Å². The molecule has 3 aromatic rings.